The van der Waals surface area contributed by atoms with Crippen molar-refractivity contribution in [3.05, 3.63) is 202 Å². The van der Waals surface area contributed by atoms with Crippen LogP contribution in [0.4, 0.5) is 0 Å². The lowest BCUT2D eigenvalue weighted by molar-refractivity contribution is 0.399. The number of rotatable bonds is 10. The van der Waals surface area contributed by atoms with Crippen molar-refractivity contribution in [2.75, 3.05) is 0 Å². The van der Waals surface area contributed by atoms with Gasteiger partial charge in [-0.05, 0) is 103 Å². The zero-order valence-electron chi connectivity index (χ0n) is 32.2. The van der Waals surface area contributed by atoms with Crippen molar-refractivity contribution < 1.29 is 0 Å². The Hall–Kier alpha value is -5.72. The van der Waals surface area contributed by atoms with Gasteiger partial charge in [0.25, 0.3) is 0 Å². The van der Waals surface area contributed by atoms with Crippen LogP contribution in [-0.4, -0.2) is 23.5 Å². The quantitative estimate of drug-likeness (QED) is 0.131. The van der Waals surface area contributed by atoms with Gasteiger partial charge in [0.1, 0.15) is 0 Å². The minimum atomic E-state index is -0.127. The van der Waals surface area contributed by atoms with E-state index < -0.39 is 0 Å². The molecule has 0 radical (unpaired) electrons. The molecule has 6 heteroatoms. The first-order chi connectivity index (χ1) is 27.0. The fourth-order valence-corrected chi connectivity index (χ4v) is 8.50. The minimum Gasteiger partial charge on any atom is -0.374 e. The largest absolute Gasteiger partial charge is 0.374 e. The van der Waals surface area contributed by atoms with Gasteiger partial charge < -0.3 is 21.3 Å². The molecule has 0 spiro atoms. The second-order valence-electron chi connectivity index (χ2n) is 15.0. The molecule has 0 bridgehead atoms. The standard InChI is InChI=1S/C49H52N6/c1-5-19-40-32(4)50-44(33-21-11-8-12-22-33)47(52-40)36-29-37(48-45(34-23-13-9-14-24-34)53-41(20-6-2)39(7-3)51-48)31-38(30-36)49-46(35-25-15-10-16-26-35)54-42-27-17-18-28-43(42)55-49/h6-16,18,20-26,28-32,40,44-46,48,50-51,53-54H,3,5,17,19,27H2,1-2,4H3/b20-6-. The summed E-state index contributed by atoms with van der Waals surface area (Å²) in [6.07, 6.45) is 14.6. The van der Waals surface area contributed by atoms with Gasteiger partial charge in [0.15, 0.2) is 0 Å². The van der Waals surface area contributed by atoms with E-state index in [-0.39, 0.29) is 36.3 Å². The highest BCUT2D eigenvalue weighted by Crippen LogP contribution is 2.39. The van der Waals surface area contributed by atoms with Gasteiger partial charge in [-0.1, -0.05) is 123 Å². The van der Waals surface area contributed by atoms with Crippen LogP contribution < -0.4 is 21.3 Å². The zero-order chi connectivity index (χ0) is 37.7. The first-order valence-corrected chi connectivity index (χ1v) is 20.0. The first-order valence-electron chi connectivity index (χ1n) is 20.0. The zero-order valence-corrected chi connectivity index (χ0v) is 32.2. The van der Waals surface area contributed by atoms with Crippen LogP contribution in [0.2, 0.25) is 0 Å². The summed E-state index contributed by atoms with van der Waals surface area (Å²) in [6, 6.07) is 39.4. The fraction of sp³-hybridized carbons (Fsp3) is 0.265. The SMILES string of the molecule is C=CC1=C(/C=C\C)NC(c2ccccc2)C(c2cc(C3=NC4=C(CCC=C4)NC3c3ccccc3)cc(C3=NC(CCC)C(C)NC3c3ccccc3)c2)N1. The summed E-state index contributed by atoms with van der Waals surface area (Å²) in [4.78, 5) is 11.2. The van der Waals surface area contributed by atoms with E-state index in [2.05, 4.69) is 175 Å². The Bertz CT molecular complexity index is 2190. The topological polar surface area (TPSA) is 72.8 Å². The van der Waals surface area contributed by atoms with Crippen LogP contribution in [0.5, 0.6) is 0 Å². The molecule has 1 aliphatic carbocycles. The maximum absolute atomic E-state index is 5.65. The molecule has 4 aromatic carbocycles. The molecule has 6 nitrogen and oxygen atoms in total. The lowest BCUT2D eigenvalue weighted by atomic mass is 9.84. The summed E-state index contributed by atoms with van der Waals surface area (Å²) in [7, 11) is 0. The number of nitrogens with one attached hydrogen (secondary N) is 4. The molecule has 0 fully saturated rings. The maximum Gasteiger partial charge on any atom is 0.0944 e. The lowest BCUT2D eigenvalue weighted by Gasteiger charge is -2.38. The summed E-state index contributed by atoms with van der Waals surface area (Å²) in [6.45, 7) is 10.8. The number of hydrogen-bond donors (Lipinski definition) is 4. The number of nitrogens with zero attached hydrogens (tertiary/aromatic N) is 2. The third kappa shape index (κ3) is 7.52. The van der Waals surface area contributed by atoms with Crippen molar-refractivity contribution >= 4 is 11.4 Å². The van der Waals surface area contributed by atoms with E-state index in [1.165, 1.54) is 22.4 Å². The normalized spacial score (nSPS) is 25.0. The summed E-state index contributed by atoms with van der Waals surface area (Å²) >= 11 is 0. The van der Waals surface area contributed by atoms with E-state index in [0.29, 0.717) is 0 Å². The van der Waals surface area contributed by atoms with E-state index in [1.807, 2.05) is 13.0 Å². The highest BCUT2D eigenvalue weighted by Gasteiger charge is 2.35. The van der Waals surface area contributed by atoms with Crippen LogP contribution in [0.15, 0.2) is 179 Å². The molecule has 3 aliphatic heterocycles. The Labute approximate surface area is 326 Å². The van der Waals surface area contributed by atoms with Gasteiger partial charge >= 0.3 is 0 Å². The van der Waals surface area contributed by atoms with E-state index in [0.717, 1.165) is 70.9 Å². The molecule has 278 valence electrons. The van der Waals surface area contributed by atoms with Gasteiger partial charge in [0.2, 0.25) is 0 Å². The molecule has 4 aliphatic rings. The van der Waals surface area contributed by atoms with Crippen molar-refractivity contribution in [1.29, 1.82) is 0 Å². The van der Waals surface area contributed by atoms with E-state index in [9.17, 15) is 0 Å². The molecule has 55 heavy (non-hydrogen) atoms. The third-order valence-corrected chi connectivity index (χ3v) is 11.3. The van der Waals surface area contributed by atoms with Gasteiger partial charge in [0.05, 0.1) is 58.7 Å². The Morgan fingerprint density at radius 3 is 2.00 bits per heavy atom. The minimum absolute atomic E-state index is 0.0599. The van der Waals surface area contributed by atoms with Gasteiger partial charge in [0, 0.05) is 11.7 Å². The van der Waals surface area contributed by atoms with E-state index >= 15 is 0 Å². The number of aliphatic imine (C=N–C) groups is 2. The highest BCUT2D eigenvalue weighted by atomic mass is 15.1. The van der Waals surface area contributed by atoms with Crippen LogP contribution >= 0.6 is 0 Å². The van der Waals surface area contributed by atoms with Crippen LogP contribution in [0.3, 0.4) is 0 Å². The first kappa shape index (κ1) is 36.3. The monoisotopic (exact) mass is 724 g/mol. The number of benzene rings is 4. The van der Waals surface area contributed by atoms with Crippen molar-refractivity contribution in [2.45, 2.75) is 82.7 Å². The second-order valence-corrected chi connectivity index (χ2v) is 15.0. The molecule has 6 unspecified atom stereocenters. The van der Waals surface area contributed by atoms with Gasteiger partial charge in [-0.3, -0.25) is 4.99 Å². The van der Waals surface area contributed by atoms with Crippen molar-refractivity contribution in [3.63, 3.8) is 0 Å². The molecule has 3 heterocycles. The molecule has 6 atom stereocenters. The average Bonchev–Trinajstić information content (AvgIpc) is 3.24. The summed E-state index contributed by atoms with van der Waals surface area (Å²) in [5, 5.41) is 15.8. The molecular weight excluding hydrogens is 673 g/mol. The Kier molecular flexibility index (Phi) is 10.8. The summed E-state index contributed by atoms with van der Waals surface area (Å²) < 4.78 is 0. The molecule has 0 amide bonds. The predicted molar refractivity (Wildman–Crippen MR) is 228 cm³/mol. The molecule has 8 rings (SSSR count). The smallest absolute Gasteiger partial charge is 0.0944 e. The third-order valence-electron chi connectivity index (χ3n) is 11.3. The van der Waals surface area contributed by atoms with Gasteiger partial charge in [-0.15, -0.1) is 0 Å². The molecular formula is C49H52N6. The molecule has 4 aromatic rings. The molecule has 0 saturated carbocycles. The lowest BCUT2D eigenvalue weighted by Crippen LogP contribution is -2.47. The van der Waals surface area contributed by atoms with E-state index in [4.69, 9.17) is 9.98 Å². The van der Waals surface area contributed by atoms with Crippen molar-refractivity contribution in [2.24, 2.45) is 9.98 Å². The van der Waals surface area contributed by atoms with Crippen LogP contribution in [0.1, 0.15) is 104 Å². The van der Waals surface area contributed by atoms with E-state index in [1.54, 1.807) is 0 Å². The van der Waals surface area contributed by atoms with Crippen LogP contribution in [0.25, 0.3) is 0 Å². The molecule has 4 N–H and O–H groups in total. The van der Waals surface area contributed by atoms with Crippen LogP contribution in [0, 0.1) is 0 Å². The maximum atomic E-state index is 5.65. The Balaban J connectivity index is 1.37. The average molecular weight is 725 g/mol. The Morgan fingerprint density at radius 2 is 1.35 bits per heavy atom. The highest BCUT2D eigenvalue weighted by molar-refractivity contribution is 6.11. The fourth-order valence-electron chi connectivity index (χ4n) is 8.50. The van der Waals surface area contributed by atoms with Crippen molar-refractivity contribution in [1.82, 2.24) is 21.3 Å². The predicted octanol–water partition coefficient (Wildman–Crippen LogP) is 10.0. The second kappa shape index (κ2) is 16.3. The number of hydrogen-bond acceptors (Lipinski definition) is 6. The summed E-state index contributed by atoms with van der Waals surface area (Å²) in [5.74, 6) is 0. The number of allylic oxidation sites excluding steroid dienone is 6. The Morgan fingerprint density at radius 1 is 0.727 bits per heavy atom. The van der Waals surface area contributed by atoms with Gasteiger partial charge in [-0.25, -0.2) is 4.99 Å². The van der Waals surface area contributed by atoms with Crippen molar-refractivity contribution in [3.8, 4) is 0 Å². The van der Waals surface area contributed by atoms with Crippen LogP contribution in [-0.2, 0) is 0 Å². The summed E-state index contributed by atoms with van der Waals surface area (Å²) in [5.41, 5.74) is 13.2. The molecule has 0 saturated heterocycles. The molecule has 0 aromatic heterocycles. The van der Waals surface area contributed by atoms with Gasteiger partial charge in [-0.2, -0.15) is 0 Å².